The first-order valence-corrected chi connectivity index (χ1v) is 13.6. The van der Waals surface area contributed by atoms with E-state index in [0.29, 0.717) is 11.8 Å². The average molecular weight is 549 g/mol. The van der Waals surface area contributed by atoms with Crippen molar-refractivity contribution in [1.82, 2.24) is 4.98 Å². The SMILES string of the molecule is Cc1cc(N=Nc2ccc(S(=O)(=O)Cc3ccccn3)cc2)c(N=S(=O)(F)F)cc1OS(=O)(=O)F. The largest absolute Gasteiger partial charge is 0.488 e. The van der Waals surface area contributed by atoms with Crippen molar-refractivity contribution < 1.29 is 36.9 Å². The third-order valence-electron chi connectivity index (χ3n) is 4.20. The van der Waals surface area contributed by atoms with Crippen molar-refractivity contribution in [1.29, 1.82) is 0 Å². The van der Waals surface area contributed by atoms with Crippen LogP contribution in [0.15, 0.2) is 80.3 Å². The molecule has 0 spiro atoms. The molecule has 16 heteroatoms. The van der Waals surface area contributed by atoms with Crippen LogP contribution in [0, 0.1) is 6.92 Å². The smallest absolute Gasteiger partial charge is 0.358 e. The summed E-state index contributed by atoms with van der Waals surface area (Å²) in [6.07, 6.45) is 1.47. The topological polar surface area (TPSA) is 145 Å². The number of azo groups is 1. The summed E-state index contributed by atoms with van der Waals surface area (Å²) in [7, 11) is -14.9. The summed E-state index contributed by atoms with van der Waals surface area (Å²) in [6.45, 7) is 1.27. The summed E-state index contributed by atoms with van der Waals surface area (Å²) < 4.78 is 103. The van der Waals surface area contributed by atoms with Gasteiger partial charge in [0.05, 0.1) is 22.0 Å². The van der Waals surface area contributed by atoms with Gasteiger partial charge >= 0.3 is 21.0 Å². The van der Waals surface area contributed by atoms with Crippen LogP contribution < -0.4 is 4.18 Å². The fourth-order valence-electron chi connectivity index (χ4n) is 2.72. The van der Waals surface area contributed by atoms with Crippen LogP contribution >= 0.6 is 0 Å². The van der Waals surface area contributed by atoms with Gasteiger partial charge < -0.3 is 4.18 Å². The molecular formula is C19H15F3N4O6S3. The molecule has 3 rings (SSSR count). The van der Waals surface area contributed by atoms with Gasteiger partial charge in [-0.05, 0) is 55.0 Å². The number of sulfone groups is 1. The Bertz CT molecular complexity index is 1600. The summed E-state index contributed by atoms with van der Waals surface area (Å²) in [4.78, 5) is 3.96. The van der Waals surface area contributed by atoms with Crippen molar-refractivity contribution in [2.45, 2.75) is 17.6 Å². The Kier molecular flexibility index (Phi) is 7.56. The first-order valence-electron chi connectivity index (χ1n) is 9.31. The summed E-state index contributed by atoms with van der Waals surface area (Å²) in [5.41, 5.74) is -0.686. The number of benzene rings is 2. The molecule has 2 aromatic carbocycles. The zero-order valence-corrected chi connectivity index (χ0v) is 20.0. The van der Waals surface area contributed by atoms with Crippen molar-refractivity contribution in [2.24, 2.45) is 14.6 Å². The predicted octanol–water partition coefficient (Wildman–Crippen LogP) is 5.24. The van der Waals surface area contributed by atoms with E-state index >= 15 is 0 Å². The molecule has 35 heavy (non-hydrogen) atoms. The van der Waals surface area contributed by atoms with Crippen molar-refractivity contribution >= 4 is 47.9 Å². The third-order valence-corrected chi connectivity index (χ3v) is 6.65. The molecule has 0 saturated heterocycles. The molecule has 0 atom stereocenters. The number of halogens is 3. The maximum Gasteiger partial charge on any atom is 0.488 e. The number of pyridine rings is 1. The Morgan fingerprint density at radius 1 is 0.886 bits per heavy atom. The van der Waals surface area contributed by atoms with E-state index in [0.717, 1.165) is 6.07 Å². The van der Waals surface area contributed by atoms with Gasteiger partial charge in [0.2, 0.25) is 0 Å². The minimum atomic E-state index is -5.70. The second kappa shape index (κ2) is 10.1. The molecule has 0 amide bonds. The van der Waals surface area contributed by atoms with Gasteiger partial charge in [0.1, 0.15) is 11.4 Å². The average Bonchev–Trinajstić information content (AvgIpc) is 2.73. The normalized spacial score (nSPS) is 12.6. The molecule has 0 saturated carbocycles. The quantitative estimate of drug-likeness (QED) is 0.276. The van der Waals surface area contributed by atoms with Crippen LogP contribution in [0.1, 0.15) is 11.3 Å². The monoisotopic (exact) mass is 548 g/mol. The lowest BCUT2D eigenvalue weighted by Gasteiger charge is -2.07. The van der Waals surface area contributed by atoms with E-state index in [1.165, 1.54) is 37.4 Å². The minimum absolute atomic E-state index is 0.0165. The lowest BCUT2D eigenvalue weighted by molar-refractivity contribution is 0.439. The number of hydrogen-bond donors (Lipinski definition) is 0. The van der Waals surface area contributed by atoms with Crippen LogP contribution in [0.25, 0.3) is 0 Å². The molecule has 0 N–H and O–H groups in total. The molecule has 0 bridgehead atoms. The summed E-state index contributed by atoms with van der Waals surface area (Å²) in [5, 5.41) is 7.54. The van der Waals surface area contributed by atoms with Gasteiger partial charge in [0, 0.05) is 12.3 Å². The first-order chi connectivity index (χ1) is 16.2. The van der Waals surface area contributed by atoms with Gasteiger partial charge in [-0.25, -0.2) is 8.42 Å². The third kappa shape index (κ3) is 7.83. The van der Waals surface area contributed by atoms with E-state index in [4.69, 9.17) is 0 Å². The Balaban J connectivity index is 1.91. The second-order valence-electron chi connectivity index (χ2n) is 6.85. The van der Waals surface area contributed by atoms with Crippen LogP contribution in [-0.4, -0.2) is 26.0 Å². The van der Waals surface area contributed by atoms with E-state index in [1.54, 1.807) is 18.2 Å². The highest BCUT2D eigenvalue weighted by atomic mass is 32.3. The molecule has 10 nitrogen and oxygen atoms in total. The summed E-state index contributed by atoms with van der Waals surface area (Å²) in [6, 6.07) is 11.6. The highest BCUT2D eigenvalue weighted by Gasteiger charge is 2.18. The zero-order valence-electron chi connectivity index (χ0n) is 17.6. The van der Waals surface area contributed by atoms with Crippen molar-refractivity contribution in [3.63, 3.8) is 0 Å². The van der Waals surface area contributed by atoms with Crippen molar-refractivity contribution in [3.05, 3.63) is 72.1 Å². The van der Waals surface area contributed by atoms with Gasteiger partial charge in [0.25, 0.3) is 0 Å². The lowest BCUT2D eigenvalue weighted by atomic mass is 10.2. The number of aryl methyl sites for hydroxylation is 1. The van der Waals surface area contributed by atoms with Crippen LogP contribution in [0.2, 0.25) is 0 Å². The van der Waals surface area contributed by atoms with Gasteiger partial charge in [0.15, 0.2) is 15.6 Å². The van der Waals surface area contributed by atoms with Crippen LogP contribution in [0.5, 0.6) is 5.75 Å². The van der Waals surface area contributed by atoms with E-state index in [-0.39, 0.29) is 27.6 Å². The highest BCUT2D eigenvalue weighted by molar-refractivity contribution is 7.90. The predicted molar refractivity (Wildman–Crippen MR) is 120 cm³/mol. The lowest BCUT2D eigenvalue weighted by Crippen LogP contribution is -2.05. The number of aromatic nitrogens is 1. The molecule has 0 aliphatic carbocycles. The van der Waals surface area contributed by atoms with Crippen molar-refractivity contribution in [3.8, 4) is 5.75 Å². The maximum atomic E-state index is 13.0. The Morgan fingerprint density at radius 2 is 1.57 bits per heavy atom. The number of rotatable bonds is 8. The van der Waals surface area contributed by atoms with E-state index in [9.17, 15) is 32.7 Å². The van der Waals surface area contributed by atoms with Crippen LogP contribution in [-0.2, 0) is 36.6 Å². The Hall–Kier alpha value is -3.37. The molecule has 0 aliphatic rings. The molecule has 0 fully saturated rings. The molecule has 186 valence electrons. The molecule has 3 aromatic rings. The van der Waals surface area contributed by atoms with Crippen LogP contribution in [0.3, 0.4) is 0 Å². The van der Waals surface area contributed by atoms with Gasteiger partial charge in [-0.3, -0.25) is 4.98 Å². The van der Waals surface area contributed by atoms with Gasteiger partial charge in [-0.1, -0.05) is 17.7 Å². The molecule has 1 aromatic heterocycles. The fraction of sp³-hybridized carbons (Fsp3) is 0.105. The first kappa shape index (κ1) is 26.2. The Morgan fingerprint density at radius 3 is 2.14 bits per heavy atom. The molecule has 0 aliphatic heterocycles. The molecule has 0 unspecified atom stereocenters. The van der Waals surface area contributed by atoms with E-state index in [2.05, 4.69) is 23.8 Å². The van der Waals surface area contributed by atoms with E-state index in [1.807, 2.05) is 0 Å². The molecule has 0 radical (unpaired) electrons. The summed E-state index contributed by atoms with van der Waals surface area (Å²) in [5.74, 6) is -0.996. The van der Waals surface area contributed by atoms with Crippen LogP contribution in [0.4, 0.5) is 28.7 Å². The number of hydrogen-bond acceptors (Lipinski definition) is 10. The second-order valence-corrected chi connectivity index (χ2v) is 10.8. The maximum absolute atomic E-state index is 13.0. The summed E-state index contributed by atoms with van der Waals surface area (Å²) >= 11 is 0. The van der Waals surface area contributed by atoms with E-state index < -0.39 is 42.3 Å². The fourth-order valence-corrected chi connectivity index (χ4v) is 4.77. The Labute approximate surface area is 199 Å². The highest BCUT2D eigenvalue weighted by Crippen LogP contribution is 2.38. The zero-order chi connectivity index (χ0) is 25.9. The standard InChI is InChI=1S/C19H15F3N4O6S3/c1-13-10-17(18(26-34(20,21)29)11-19(13)32-35(22,30)31)25-24-14-5-7-16(8-6-14)33(27,28)12-15-4-2-3-9-23-15/h2-11H,12H2,1H3. The number of nitrogens with zero attached hydrogens (tertiary/aromatic N) is 4. The van der Waals surface area contributed by atoms with Gasteiger partial charge in [-0.15, -0.1) is 9.48 Å². The molecule has 1 heterocycles. The van der Waals surface area contributed by atoms with Crippen molar-refractivity contribution in [2.75, 3.05) is 0 Å². The molecular weight excluding hydrogens is 533 g/mol. The minimum Gasteiger partial charge on any atom is -0.358 e. The van der Waals surface area contributed by atoms with Gasteiger partial charge in [-0.2, -0.15) is 17.7 Å².